The third kappa shape index (κ3) is 4.91. The summed E-state index contributed by atoms with van der Waals surface area (Å²) in [5.74, 6) is 0.738. The van der Waals surface area contributed by atoms with Crippen LogP contribution in [0.1, 0.15) is 80.6 Å². The molecule has 0 radical (unpaired) electrons. The highest BCUT2D eigenvalue weighted by Crippen LogP contribution is 2.69. The summed E-state index contributed by atoms with van der Waals surface area (Å²) in [4.78, 5) is 24.9. The number of carbonyl (C=O) groups is 2. The van der Waals surface area contributed by atoms with Crippen LogP contribution in [0, 0.1) is 28.1 Å². The van der Waals surface area contributed by atoms with E-state index in [1.807, 2.05) is 31.2 Å². The second-order valence-corrected chi connectivity index (χ2v) is 12.1. The van der Waals surface area contributed by atoms with Gasteiger partial charge in [0.25, 0.3) is 0 Å². The number of ether oxygens (including phenoxy) is 1. The summed E-state index contributed by atoms with van der Waals surface area (Å²) in [7, 11) is 1.38. The number of Topliss-reactive ketones (excluding diaryl/α,β-unsaturated/α-hetero) is 1. The molecule has 0 unspecified atom stereocenters. The Kier molecular flexibility index (Phi) is 7.86. The number of aliphatic hydroxyl groups excluding tert-OH is 1. The van der Waals surface area contributed by atoms with Crippen molar-refractivity contribution in [1.82, 2.24) is 0 Å². The molecular weight excluding hydrogens is 436 g/mol. The van der Waals surface area contributed by atoms with Crippen LogP contribution in [0.4, 0.5) is 0 Å². The topological polar surface area (TPSA) is 63.6 Å². The van der Waals surface area contributed by atoms with E-state index < -0.39 is 0 Å². The average molecular weight is 481 g/mol. The third-order valence-electron chi connectivity index (χ3n) is 9.58. The van der Waals surface area contributed by atoms with Gasteiger partial charge < -0.3 is 9.84 Å². The lowest BCUT2D eigenvalue weighted by molar-refractivity contribution is -0.157. The minimum atomic E-state index is -0.331. The largest absolute Gasteiger partial charge is 0.466 e. The lowest BCUT2D eigenvalue weighted by atomic mass is 9.43. The highest BCUT2D eigenvalue weighted by Gasteiger charge is 2.64. The number of hydrogen-bond donors (Lipinski definition) is 1. The van der Waals surface area contributed by atoms with Crippen molar-refractivity contribution >= 4 is 11.8 Å². The van der Waals surface area contributed by atoms with E-state index in [9.17, 15) is 14.7 Å². The number of esters is 1. The standard InChI is InChI=1S/C31H44O4/c1-20(12-10-14-22(3)28(34)35-8)11-9-13-21(2)27-23(32)19-25-30(6)18-16-26(33)29(4,5)24(30)15-17-31(25,27)7/h9-14,24-26,33H,15-19H2,1-8H3/b12-10+,13-9+,20-11+,22-14-,27-21?/t24-,25-,26-,30-,31-/m0/s1. The number of allylic oxidation sites excluding steroid dienone is 9. The predicted octanol–water partition coefficient (Wildman–Crippen LogP) is 6.67. The summed E-state index contributed by atoms with van der Waals surface area (Å²) in [6, 6.07) is 0. The molecule has 192 valence electrons. The van der Waals surface area contributed by atoms with Crippen molar-refractivity contribution < 1.29 is 19.4 Å². The van der Waals surface area contributed by atoms with E-state index in [0.717, 1.165) is 42.4 Å². The Bertz CT molecular complexity index is 1020. The summed E-state index contributed by atoms with van der Waals surface area (Å²) >= 11 is 0. The molecule has 0 aromatic rings. The lowest BCUT2D eigenvalue weighted by Crippen LogP contribution is -2.57. The molecule has 4 heteroatoms. The number of ketones is 1. The molecule has 5 atom stereocenters. The van der Waals surface area contributed by atoms with Crippen LogP contribution in [0.25, 0.3) is 0 Å². The molecular formula is C31H44O4. The highest BCUT2D eigenvalue weighted by molar-refractivity contribution is 6.00. The first-order chi connectivity index (χ1) is 16.3. The molecule has 1 N–H and O–H groups in total. The number of hydrogen-bond acceptors (Lipinski definition) is 4. The van der Waals surface area contributed by atoms with Gasteiger partial charge in [-0.1, -0.05) is 69.7 Å². The third-order valence-corrected chi connectivity index (χ3v) is 9.58. The highest BCUT2D eigenvalue weighted by atomic mass is 16.5. The zero-order chi connectivity index (χ0) is 26.2. The van der Waals surface area contributed by atoms with E-state index in [4.69, 9.17) is 4.74 Å². The van der Waals surface area contributed by atoms with Crippen molar-refractivity contribution in [3.63, 3.8) is 0 Å². The minimum absolute atomic E-state index is 0.0776. The Hall–Kier alpha value is -2.20. The second-order valence-electron chi connectivity index (χ2n) is 12.1. The Morgan fingerprint density at radius 2 is 1.63 bits per heavy atom. The summed E-state index contributed by atoms with van der Waals surface area (Å²) in [6.07, 6.45) is 15.9. The van der Waals surface area contributed by atoms with Crippen molar-refractivity contribution in [1.29, 1.82) is 0 Å². The number of aliphatic hydroxyl groups is 1. The van der Waals surface area contributed by atoms with Gasteiger partial charge in [0.05, 0.1) is 13.2 Å². The van der Waals surface area contributed by atoms with Gasteiger partial charge in [0, 0.05) is 23.0 Å². The molecule has 3 rings (SSSR count). The first-order valence-electron chi connectivity index (χ1n) is 13.0. The molecule has 0 spiro atoms. The van der Waals surface area contributed by atoms with Crippen LogP contribution < -0.4 is 0 Å². The predicted molar refractivity (Wildman–Crippen MR) is 142 cm³/mol. The quantitative estimate of drug-likeness (QED) is 0.271. The molecule has 3 aliphatic rings. The van der Waals surface area contributed by atoms with E-state index in [2.05, 4.69) is 40.7 Å². The molecule has 0 heterocycles. The smallest absolute Gasteiger partial charge is 0.333 e. The van der Waals surface area contributed by atoms with Gasteiger partial charge in [-0.15, -0.1) is 0 Å². The van der Waals surface area contributed by atoms with Crippen molar-refractivity contribution in [3.8, 4) is 0 Å². The summed E-state index contributed by atoms with van der Waals surface area (Å²) < 4.78 is 4.70. The van der Waals surface area contributed by atoms with Gasteiger partial charge >= 0.3 is 5.97 Å². The van der Waals surface area contributed by atoms with E-state index in [0.29, 0.717) is 29.6 Å². The van der Waals surface area contributed by atoms with Gasteiger partial charge in [-0.2, -0.15) is 0 Å². The van der Waals surface area contributed by atoms with Crippen molar-refractivity contribution in [3.05, 3.63) is 58.7 Å². The molecule has 0 aromatic heterocycles. The Morgan fingerprint density at radius 3 is 2.29 bits per heavy atom. The van der Waals surface area contributed by atoms with Crippen molar-refractivity contribution in [2.45, 2.75) is 86.7 Å². The van der Waals surface area contributed by atoms with Crippen LogP contribution >= 0.6 is 0 Å². The fourth-order valence-corrected chi connectivity index (χ4v) is 7.63. The van der Waals surface area contributed by atoms with Gasteiger partial charge in [0.2, 0.25) is 0 Å². The van der Waals surface area contributed by atoms with Gasteiger partial charge in [-0.25, -0.2) is 4.79 Å². The van der Waals surface area contributed by atoms with Gasteiger partial charge in [-0.3, -0.25) is 4.79 Å². The lowest BCUT2D eigenvalue weighted by Gasteiger charge is -2.62. The van der Waals surface area contributed by atoms with E-state index in [1.54, 1.807) is 13.0 Å². The molecule has 3 saturated carbocycles. The first kappa shape index (κ1) is 27.4. The fraction of sp³-hybridized carbons (Fsp3) is 0.613. The van der Waals surface area contributed by atoms with Gasteiger partial charge in [-0.05, 0) is 74.7 Å². The number of rotatable bonds is 5. The minimum Gasteiger partial charge on any atom is -0.466 e. The Morgan fingerprint density at radius 1 is 0.971 bits per heavy atom. The molecule has 4 nitrogen and oxygen atoms in total. The normalized spacial score (nSPS) is 36.9. The maximum atomic E-state index is 13.4. The van der Waals surface area contributed by atoms with Gasteiger partial charge in [0.1, 0.15) is 0 Å². The van der Waals surface area contributed by atoms with E-state index >= 15 is 0 Å². The van der Waals surface area contributed by atoms with Crippen LogP contribution in [0.3, 0.4) is 0 Å². The maximum Gasteiger partial charge on any atom is 0.333 e. The molecule has 0 aromatic carbocycles. The van der Waals surface area contributed by atoms with Crippen LogP contribution in [-0.4, -0.2) is 30.1 Å². The van der Waals surface area contributed by atoms with E-state index in [1.165, 1.54) is 7.11 Å². The Labute approximate surface area is 211 Å². The Balaban J connectivity index is 1.83. The number of fused-ring (bicyclic) bond motifs is 3. The molecule has 0 amide bonds. The average Bonchev–Trinajstić information content (AvgIpc) is 3.07. The summed E-state index contributed by atoms with van der Waals surface area (Å²) in [5.41, 5.74) is 3.53. The van der Waals surface area contributed by atoms with Gasteiger partial charge in [0.15, 0.2) is 5.78 Å². The molecule has 0 bridgehead atoms. The number of carbonyl (C=O) groups excluding carboxylic acids is 2. The van der Waals surface area contributed by atoms with Crippen LogP contribution in [0.5, 0.6) is 0 Å². The summed E-state index contributed by atoms with van der Waals surface area (Å²) in [6.45, 7) is 14.9. The van der Waals surface area contributed by atoms with Crippen LogP contribution in [-0.2, 0) is 14.3 Å². The molecule has 0 saturated heterocycles. The van der Waals surface area contributed by atoms with Crippen LogP contribution in [0.2, 0.25) is 0 Å². The molecule has 3 aliphatic carbocycles. The maximum absolute atomic E-state index is 13.4. The monoisotopic (exact) mass is 480 g/mol. The zero-order valence-corrected chi connectivity index (χ0v) is 22.9. The molecule has 0 aliphatic heterocycles. The number of methoxy groups -OCH3 is 1. The second kappa shape index (κ2) is 10.0. The van der Waals surface area contributed by atoms with Crippen molar-refractivity contribution in [2.24, 2.45) is 28.1 Å². The summed E-state index contributed by atoms with van der Waals surface area (Å²) in [5, 5.41) is 10.7. The SMILES string of the molecule is COC(=O)\C(C)=C/C=C/C(C)=C/C=C/C(C)=C1C(=O)C[C@H]2[C@@]3(C)CC[C@H](O)C(C)(C)[C@@H]3CC[C@]12C. The molecule has 3 fully saturated rings. The fourth-order valence-electron chi connectivity index (χ4n) is 7.63. The molecule has 35 heavy (non-hydrogen) atoms. The van der Waals surface area contributed by atoms with Crippen molar-refractivity contribution in [2.75, 3.05) is 7.11 Å². The zero-order valence-electron chi connectivity index (χ0n) is 22.9. The van der Waals surface area contributed by atoms with Crippen LogP contribution in [0.15, 0.2) is 58.7 Å². The van der Waals surface area contributed by atoms with E-state index in [-0.39, 0.29) is 28.3 Å². The first-order valence-corrected chi connectivity index (χ1v) is 13.0.